The summed E-state index contributed by atoms with van der Waals surface area (Å²) in [5.41, 5.74) is 0. The topological polar surface area (TPSA) is 66.4 Å². The molecular formula is C12H17NO3S2. The number of thioether (sulfide) groups is 1. The maximum absolute atomic E-state index is 11.7. The van der Waals surface area contributed by atoms with Crippen molar-refractivity contribution in [1.29, 1.82) is 0 Å². The summed E-state index contributed by atoms with van der Waals surface area (Å²) in [5, 5.41) is 11.5. The Labute approximate surface area is 115 Å². The quantitative estimate of drug-likeness (QED) is 0.817. The average molecular weight is 287 g/mol. The number of carboxylic acids is 1. The minimum Gasteiger partial charge on any atom is -0.477 e. The van der Waals surface area contributed by atoms with Crippen LogP contribution in [0, 0.1) is 0 Å². The Bertz CT molecular complexity index is 435. The van der Waals surface area contributed by atoms with E-state index in [9.17, 15) is 9.59 Å². The number of carbonyl (C=O) groups is 2. The van der Waals surface area contributed by atoms with Gasteiger partial charge in [0.2, 0.25) is 0 Å². The molecule has 18 heavy (non-hydrogen) atoms. The first-order valence-corrected chi connectivity index (χ1v) is 7.35. The van der Waals surface area contributed by atoms with E-state index in [0.29, 0.717) is 11.4 Å². The van der Waals surface area contributed by atoms with Crippen molar-refractivity contribution < 1.29 is 14.7 Å². The SMILES string of the molecule is CC(C)(C)SCCNC(=O)c1ccc(C(=O)O)s1. The summed E-state index contributed by atoms with van der Waals surface area (Å²) in [7, 11) is 0. The highest BCUT2D eigenvalue weighted by molar-refractivity contribution is 8.00. The van der Waals surface area contributed by atoms with Gasteiger partial charge < -0.3 is 10.4 Å². The number of nitrogens with one attached hydrogen (secondary N) is 1. The second-order valence-electron chi connectivity index (χ2n) is 4.69. The lowest BCUT2D eigenvalue weighted by Crippen LogP contribution is -2.26. The molecule has 0 aliphatic carbocycles. The Hall–Kier alpha value is -1.01. The number of hydrogen-bond acceptors (Lipinski definition) is 4. The van der Waals surface area contributed by atoms with E-state index >= 15 is 0 Å². The van der Waals surface area contributed by atoms with E-state index in [1.165, 1.54) is 6.07 Å². The number of thiophene rings is 1. The zero-order valence-electron chi connectivity index (χ0n) is 10.6. The van der Waals surface area contributed by atoms with Gasteiger partial charge in [-0.2, -0.15) is 11.8 Å². The van der Waals surface area contributed by atoms with Gasteiger partial charge in [0.15, 0.2) is 0 Å². The lowest BCUT2D eigenvalue weighted by molar-refractivity contribution is 0.0702. The van der Waals surface area contributed by atoms with Crippen molar-refractivity contribution >= 4 is 35.0 Å². The third-order valence-corrected chi connectivity index (χ3v) is 4.31. The van der Waals surface area contributed by atoms with Crippen LogP contribution in [-0.4, -0.2) is 34.0 Å². The van der Waals surface area contributed by atoms with Gasteiger partial charge in [0, 0.05) is 17.0 Å². The van der Waals surface area contributed by atoms with E-state index in [4.69, 9.17) is 5.11 Å². The van der Waals surface area contributed by atoms with E-state index in [0.717, 1.165) is 17.1 Å². The highest BCUT2D eigenvalue weighted by Gasteiger charge is 2.13. The number of carbonyl (C=O) groups excluding carboxylic acids is 1. The van der Waals surface area contributed by atoms with E-state index in [1.807, 2.05) is 0 Å². The van der Waals surface area contributed by atoms with Gasteiger partial charge in [-0.15, -0.1) is 11.3 Å². The molecule has 0 unspecified atom stereocenters. The Morgan fingerprint density at radius 3 is 2.44 bits per heavy atom. The van der Waals surface area contributed by atoms with Crippen LogP contribution in [0.4, 0.5) is 0 Å². The zero-order valence-corrected chi connectivity index (χ0v) is 12.3. The normalized spacial score (nSPS) is 11.3. The molecule has 0 aliphatic rings. The van der Waals surface area contributed by atoms with E-state index in [1.54, 1.807) is 17.8 Å². The first kappa shape index (κ1) is 15.0. The minimum atomic E-state index is -0.998. The standard InChI is InChI=1S/C12H17NO3S2/c1-12(2,3)17-7-6-13-10(14)8-4-5-9(18-8)11(15)16/h4-5H,6-7H2,1-3H3,(H,13,14)(H,15,16). The Balaban J connectivity index is 2.39. The molecule has 0 spiro atoms. The molecule has 0 fully saturated rings. The van der Waals surface area contributed by atoms with Crippen molar-refractivity contribution in [3.05, 3.63) is 21.9 Å². The van der Waals surface area contributed by atoms with Gasteiger partial charge in [0.1, 0.15) is 4.88 Å². The van der Waals surface area contributed by atoms with Crippen LogP contribution in [0.25, 0.3) is 0 Å². The molecule has 2 N–H and O–H groups in total. The number of aromatic carboxylic acids is 1. The van der Waals surface area contributed by atoms with Gasteiger partial charge in [0.25, 0.3) is 5.91 Å². The second-order valence-corrected chi connectivity index (χ2v) is 7.69. The molecule has 0 bridgehead atoms. The fourth-order valence-corrected chi connectivity index (χ4v) is 2.76. The molecule has 0 saturated carbocycles. The molecule has 0 saturated heterocycles. The Kier molecular flexibility index (Phi) is 5.22. The van der Waals surface area contributed by atoms with Gasteiger partial charge in [-0.05, 0) is 12.1 Å². The van der Waals surface area contributed by atoms with Crippen molar-refractivity contribution in [2.75, 3.05) is 12.3 Å². The first-order valence-electron chi connectivity index (χ1n) is 5.55. The maximum atomic E-state index is 11.7. The summed E-state index contributed by atoms with van der Waals surface area (Å²) in [5.74, 6) is -0.365. The third-order valence-electron chi connectivity index (χ3n) is 1.96. The third kappa shape index (κ3) is 5.10. The highest BCUT2D eigenvalue weighted by Crippen LogP contribution is 2.22. The number of carboxylic acid groups (broad SMARTS) is 1. The molecule has 100 valence electrons. The summed E-state index contributed by atoms with van der Waals surface area (Å²) in [6.45, 7) is 6.95. The van der Waals surface area contributed by atoms with Crippen molar-refractivity contribution in [3.63, 3.8) is 0 Å². The molecule has 6 heteroatoms. The summed E-state index contributed by atoms with van der Waals surface area (Å²) in [4.78, 5) is 23.0. The van der Waals surface area contributed by atoms with Crippen LogP contribution in [0.15, 0.2) is 12.1 Å². The second kappa shape index (κ2) is 6.24. The largest absolute Gasteiger partial charge is 0.477 e. The van der Waals surface area contributed by atoms with E-state index in [2.05, 4.69) is 26.1 Å². The van der Waals surface area contributed by atoms with E-state index < -0.39 is 5.97 Å². The highest BCUT2D eigenvalue weighted by atomic mass is 32.2. The fraction of sp³-hybridized carbons (Fsp3) is 0.500. The van der Waals surface area contributed by atoms with Gasteiger partial charge in [-0.1, -0.05) is 20.8 Å². The van der Waals surface area contributed by atoms with Gasteiger partial charge >= 0.3 is 5.97 Å². The van der Waals surface area contributed by atoms with Crippen molar-refractivity contribution in [3.8, 4) is 0 Å². The molecule has 4 nitrogen and oxygen atoms in total. The van der Waals surface area contributed by atoms with Gasteiger partial charge in [-0.3, -0.25) is 4.79 Å². The van der Waals surface area contributed by atoms with Gasteiger partial charge in [0.05, 0.1) is 4.88 Å². The summed E-state index contributed by atoms with van der Waals surface area (Å²) < 4.78 is 0.185. The van der Waals surface area contributed by atoms with Crippen molar-refractivity contribution in [2.45, 2.75) is 25.5 Å². The molecule has 0 radical (unpaired) electrons. The lowest BCUT2D eigenvalue weighted by atomic mass is 10.3. The molecule has 1 rings (SSSR count). The summed E-state index contributed by atoms with van der Waals surface area (Å²) in [6, 6.07) is 2.99. The zero-order chi connectivity index (χ0) is 13.8. The Morgan fingerprint density at radius 1 is 1.33 bits per heavy atom. The van der Waals surface area contributed by atoms with Crippen LogP contribution in [-0.2, 0) is 0 Å². The van der Waals surface area contributed by atoms with Crippen LogP contribution >= 0.6 is 23.1 Å². The summed E-state index contributed by atoms with van der Waals surface area (Å²) >= 11 is 2.77. The molecule has 0 atom stereocenters. The predicted molar refractivity (Wildman–Crippen MR) is 75.8 cm³/mol. The van der Waals surface area contributed by atoms with Crippen molar-refractivity contribution in [2.24, 2.45) is 0 Å². The molecule has 1 aromatic heterocycles. The molecule has 0 aromatic carbocycles. The number of hydrogen-bond donors (Lipinski definition) is 2. The lowest BCUT2D eigenvalue weighted by Gasteiger charge is -2.17. The van der Waals surface area contributed by atoms with Crippen LogP contribution in [0.2, 0.25) is 0 Å². The molecule has 1 amide bonds. The predicted octanol–water partition coefficient (Wildman–Crippen LogP) is 2.71. The maximum Gasteiger partial charge on any atom is 0.345 e. The molecular weight excluding hydrogens is 270 g/mol. The van der Waals surface area contributed by atoms with Gasteiger partial charge in [-0.25, -0.2) is 4.79 Å². The van der Waals surface area contributed by atoms with Crippen LogP contribution in [0.1, 0.15) is 40.1 Å². The van der Waals surface area contributed by atoms with E-state index in [-0.39, 0.29) is 15.5 Å². The molecule has 0 aliphatic heterocycles. The first-order chi connectivity index (χ1) is 8.29. The smallest absolute Gasteiger partial charge is 0.345 e. The molecule has 1 aromatic rings. The Morgan fingerprint density at radius 2 is 1.94 bits per heavy atom. The van der Waals surface area contributed by atoms with Crippen LogP contribution < -0.4 is 5.32 Å². The fourth-order valence-electron chi connectivity index (χ4n) is 1.18. The van der Waals surface area contributed by atoms with Crippen LogP contribution in [0.3, 0.4) is 0 Å². The molecule has 1 heterocycles. The average Bonchev–Trinajstić information content (AvgIpc) is 2.72. The monoisotopic (exact) mass is 287 g/mol. The minimum absolute atomic E-state index is 0.184. The number of rotatable bonds is 5. The van der Waals surface area contributed by atoms with Crippen molar-refractivity contribution in [1.82, 2.24) is 5.32 Å². The van der Waals surface area contributed by atoms with Crippen LogP contribution in [0.5, 0.6) is 0 Å². The number of amides is 1. The summed E-state index contributed by atoms with van der Waals surface area (Å²) in [6.07, 6.45) is 0.